The van der Waals surface area contributed by atoms with Gasteiger partial charge in [-0.2, -0.15) is 0 Å². The van der Waals surface area contributed by atoms with E-state index >= 15 is 0 Å². The molecule has 3 atom stereocenters. The number of rotatable bonds is 3. The summed E-state index contributed by atoms with van der Waals surface area (Å²) < 4.78 is 0. The highest BCUT2D eigenvalue weighted by atomic mass is 32.1. The second-order valence-corrected chi connectivity index (χ2v) is 6.11. The molecule has 0 aliphatic heterocycles. The first-order chi connectivity index (χ1) is 7.76. The Hall–Kier alpha value is -0.340. The average molecular weight is 237 g/mol. The fourth-order valence-electron chi connectivity index (χ4n) is 3.06. The van der Waals surface area contributed by atoms with Crippen LogP contribution in [0.25, 0.3) is 0 Å². The van der Waals surface area contributed by atoms with Crippen molar-refractivity contribution < 1.29 is 0 Å². The van der Waals surface area contributed by atoms with Gasteiger partial charge in [0.1, 0.15) is 0 Å². The van der Waals surface area contributed by atoms with E-state index in [0.717, 1.165) is 24.3 Å². The third-order valence-electron chi connectivity index (χ3n) is 4.22. The Morgan fingerprint density at radius 1 is 1.44 bits per heavy atom. The molecule has 0 radical (unpaired) electrons. The molecule has 1 aliphatic carbocycles. The summed E-state index contributed by atoms with van der Waals surface area (Å²) in [6.45, 7) is 5.43. The summed E-state index contributed by atoms with van der Waals surface area (Å²) >= 11 is 1.93. The molecule has 1 aliphatic rings. The molecular formula is C14H23NS. The average Bonchev–Trinajstić information content (AvgIpc) is 2.74. The molecule has 3 unspecified atom stereocenters. The summed E-state index contributed by atoms with van der Waals surface area (Å²) in [5.41, 5.74) is 7.42. The molecule has 1 nitrogen and oxygen atoms in total. The van der Waals surface area contributed by atoms with Crippen molar-refractivity contribution in [1.82, 2.24) is 0 Å². The summed E-state index contributed by atoms with van der Waals surface area (Å²) in [5, 5.41) is 2.23. The van der Waals surface area contributed by atoms with Crippen LogP contribution in [0.1, 0.15) is 49.0 Å². The lowest BCUT2D eigenvalue weighted by atomic mass is 9.72. The number of aryl methyl sites for hydroxylation is 1. The number of thiophene rings is 1. The van der Waals surface area contributed by atoms with E-state index in [9.17, 15) is 0 Å². The van der Waals surface area contributed by atoms with Crippen LogP contribution in [0.2, 0.25) is 0 Å². The Morgan fingerprint density at radius 3 is 2.81 bits per heavy atom. The van der Waals surface area contributed by atoms with Crippen LogP contribution in [0.15, 0.2) is 11.4 Å². The zero-order valence-corrected chi connectivity index (χ0v) is 11.2. The maximum absolute atomic E-state index is 5.94. The van der Waals surface area contributed by atoms with Crippen LogP contribution in [0.5, 0.6) is 0 Å². The lowest BCUT2D eigenvalue weighted by Crippen LogP contribution is -2.28. The first-order valence-electron chi connectivity index (χ1n) is 6.50. The summed E-state index contributed by atoms with van der Waals surface area (Å²) in [6.07, 6.45) is 5.41. The molecule has 1 aromatic rings. The summed E-state index contributed by atoms with van der Waals surface area (Å²) in [7, 11) is 0. The van der Waals surface area contributed by atoms with E-state index < -0.39 is 0 Å². The lowest BCUT2D eigenvalue weighted by Gasteiger charge is -2.35. The lowest BCUT2D eigenvalue weighted by molar-refractivity contribution is 0.238. The molecule has 1 saturated carbocycles. The third-order valence-corrected chi connectivity index (χ3v) is 5.37. The molecule has 2 N–H and O–H groups in total. The van der Waals surface area contributed by atoms with Crippen molar-refractivity contribution >= 4 is 11.3 Å². The van der Waals surface area contributed by atoms with Crippen molar-refractivity contribution in [2.75, 3.05) is 6.54 Å². The van der Waals surface area contributed by atoms with Gasteiger partial charge in [-0.05, 0) is 61.1 Å². The van der Waals surface area contributed by atoms with Crippen molar-refractivity contribution in [3.05, 3.63) is 21.9 Å². The van der Waals surface area contributed by atoms with Crippen LogP contribution < -0.4 is 5.73 Å². The van der Waals surface area contributed by atoms with Crippen LogP contribution in [0, 0.1) is 18.8 Å². The van der Waals surface area contributed by atoms with E-state index in [2.05, 4.69) is 25.3 Å². The van der Waals surface area contributed by atoms with Gasteiger partial charge in [0, 0.05) is 4.88 Å². The minimum atomic E-state index is 0.722. The number of hydrogen-bond acceptors (Lipinski definition) is 2. The summed E-state index contributed by atoms with van der Waals surface area (Å²) in [6, 6.07) is 2.25. The molecule has 0 bridgehead atoms. The Morgan fingerprint density at radius 2 is 2.25 bits per heavy atom. The van der Waals surface area contributed by atoms with Gasteiger partial charge in [0.15, 0.2) is 0 Å². The highest BCUT2D eigenvalue weighted by Crippen LogP contribution is 2.43. The van der Waals surface area contributed by atoms with Crippen molar-refractivity contribution in [2.24, 2.45) is 17.6 Å². The first-order valence-corrected chi connectivity index (χ1v) is 7.38. The largest absolute Gasteiger partial charge is 0.330 e. The van der Waals surface area contributed by atoms with Crippen LogP contribution in [0.3, 0.4) is 0 Å². The van der Waals surface area contributed by atoms with E-state index in [-0.39, 0.29) is 0 Å². The van der Waals surface area contributed by atoms with Gasteiger partial charge in [-0.25, -0.2) is 0 Å². The molecule has 0 aromatic carbocycles. The van der Waals surface area contributed by atoms with E-state index in [0.29, 0.717) is 0 Å². The molecule has 1 heterocycles. The minimum Gasteiger partial charge on any atom is -0.330 e. The molecular weight excluding hydrogens is 214 g/mol. The minimum absolute atomic E-state index is 0.722. The number of nitrogens with two attached hydrogens (primary N) is 1. The molecule has 2 rings (SSSR count). The van der Waals surface area contributed by atoms with Crippen LogP contribution in [0.4, 0.5) is 0 Å². The molecule has 16 heavy (non-hydrogen) atoms. The molecule has 0 saturated heterocycles. The second-order valence-electron chi connectivity index (χ2n) is 5.16. The van der Waals surface area contributed by atoms with Gasteiger partial charge in [0.05, 0.1) is 0 Å². The van der Waals surface area contributed by atoms with E-state index in [1.807, 2.05) is 11.3 Å². The van der Waals surface area contributed by atoms with Crippen LogP contribution in [-0.4, -0.2) is 6.54 Å². The van der Waals surface area contributed by atoms with E-state index in [1.165, 1.54) is 31.2 Å². The maximum Gasteiger partial charge on any atom is 0.0109 e. The zero-order chi connectivity index (χ0) is 11.5. The van der Waals surface area contributed by atoms with Crippen molar-refractivity contribution in [2.45, 2.75) is 45.4 Å². The summed E-state index contributed by atoms with van der Waals surface area (Å²) in [5.74, 6) is 2.39. The van der Waals surface area contributed by atoms with Gasteiger partial charge >= 0.3 is 0 Å². The van der Waals surface area contributed by atoms with Crippen LogP contribution >= 0.6 is 11.3 Å². The fraction of sp³-hybridized carbons (Fsp3) is 0.714. The maximum atomic E-state index is 5.94. The third kappa shape index (κ3) is 2.33. The normalized spacial score (nSPS) is 30.6. The van der Waals surface area contributed by atoms with Gasteiger partial charge in [0.2, 0.25) is 0 Å². The highest BCUT2D eigenvalue weighted by Gasteiger charge is 2.31. The molecule has 0 spiro atoms. The predicted molar refractivity (Wildman–Crippen MR) is 72.0 cm³/mol. The van der Waals surface area contributed by atoms with Gasteiger partial charge in [0.25, 0.3) is 0 Å². The Kier molecular flexibility index (Phi) is 4.04. The van der Waals surface area contributed by atoms with Crippen molar-refractivity contribution in [3.63, 3.8) is 0 Å². The Bertz CT molecular complexity index is 331. The molecule has 2 heteroatoms. The van der Waals surface area contributed by atoms with Gasteiger partial charge in [-0.15, -0.1) is 11.3 Å². The second kappa shape index (κ2) is 5.33. The monoisotopic (exact) mass is 237 g/mol. The van der Waals surface area contributed by atoms with Gasteiger partial charge in [-0.1, -0.05) is 19.8 Å². The molecule has 1 fully saturated rings. The zero-order valence-electron chi connectivity index (χ0n) is 10.4. The molecule has 1 aromatic heterocycles. The standard InChI is InChI=1S/C14H23NS/c1-3-11-4-5-12(9-15)13(8-11)14-10(2)6-7-16-14/h6-7,11-13H,3-5,8-9,15H2,1-2H3. The molecule has 90 valence electrons. The molecule has 0 amide bonds. The Labute approximate surface area is 103 Å². The topological polar surface area (TPSA) is 26.0 Å². The number of hydrogen-bond donors (Lipinski definition) is 1. The van der Waals surface area contributed by atoms with Gasteiger partial charge in [-0.3, -0.25) is 0 Å². The fourth-order valence-corrected chi connectivity index (χ4v) is 4.19. The highest BCUT2D eigenvalue weighted by molar-refractivity contribution is 7.10. The summed E-state index contributed by atoms with van der Waals surface area (Å²) in [4.78, 5) is 1.61. The van der Waals surface area contributed by atoms with E-state index in [4.69, 9.17) is 5.73 Å². The van der Waals surface area contributed by atoms with Crippen molar-refractivity contribution in [3.8, 4) is 0 Å². The predicted octanol–water partition coefficient (Wildman–Crippen LogP) is 3.93. The van der Waals surface area contributed by atoms with Crippen molar-refractivity contribution in [1.29, 1.82) is 0 Å². The van der Waals surface area contributed by atoms with E-state index in [1.54, 1.807) is 4.88 Å². The SMILES string of the molecule is CCC1CCC(CN)C(c2sccc2C)C1. The Balaban J connectivity index is 2.18. The smallest absolute Gasteiger partial charge is 0.0109 e. The first kappa shape index (κ1) is 12.1. The van der Waals surface area contributed by atoms with Crippen LogP contribution in [-0.2, 0) is 0 Å². The quantitative estimate of drug-likeness (QED) is 0.847. The van der Waals surface area contributed by atoms with Gasteiger partial charge < -0.3 is 5.73 Å².